The van der Waals surface area contributed by atoms with Crippen molar-refractivity contribution in [3.63, 3.8) is 0 Å². The highest BCUT2D eigenvalue weighted by Gasteiger charge is 2.21. The first-order valence-corrected chi connectivity index (χ1v) is 7.66. The minimum Gasteiger partial charge on any atom is -0.393 e. The fourth-order valence-electron chi connectivity index (χ4n) is 2.06. The van der Waals surface area contributed by atoms with Gasteiger partial charge in [-0.1, -0.05) is 42.5 Å². The Morgan fingerprint density at radius 1 is 1.29 bits per heavy atom. The maximum Gasteiger partial charge on any atom is 0.230 e. The van der Waals surface area contributed by atoms with Gasteiger partial charge in [0.15, 0.2) is 0 Å². The Hall–Kier alpha value is -1.46. The predicted molar refractivity (Wildman–Crippen MR) is 89.2 cm³/mol. The number of thiocarbonyl (C=S) groups is 1. The van der Waals surface area contributed by atoms with Crippen LogP contribution in [0.4, 0.5) is 0 Å². The van der Waals surface area contributed by atoms with Crippen LogP contribution in [0.2, 0.25) is 0 Å². The van der Waals surface area contributed by atoms with Gasteiger partial charge < -0.3 is 15.8 Å². The van der Waals surface area contributed by atoms with Gasteiger partial charge in [0.1, 0.15) is 0 Å². The molecular weight excluding hydrogens is 284 g/mol. The fourth-order valence-corrected chi connectivity index (χ4v) is 2.25. The van der Waals surface area contributed by atoms with Gasteiger partial charge >= 0.3 is 0 Å². The number of nitrogens with one attached hydrogen (secondary N) is 1. The Balaban J connectivity index is 2.38. The van der Waals surface area contributed by atoms with Crippen molar-refractivity contribution in [3.05, 3.63) is 35.9 Å². The lowest BCUT2D eigenvalue weighted by atomic mass is 9.98. The summed E-state index contributed by atoms with van der Waals surface area (Å²) < 4.78 is 4.98. The van der Waals surface area contributed by atoms with E-state index in [-0.39, 0.29) is 10.9 Å². The van der Waals surface area contributed by atoms with Crippen LogP contribution in [0.5, 0.6) is 0 Å². The van der Waals surface area contributed by atoms with Gasteiger partial charge in [-0.3, -0.25) is 4.79 Å². The van der Waals surface area contributed by atoms with Crippen LogP contribution in [0.15, 0.2) is 30.3 Å². The van der Waals surface area contributed by atoms with Crippen LogP contribution in [0, 0.1) is 5.92 Å². The van der Waals surface area contributed by atoms with Gasteiger partial charge in [-0.2, -0.15) is 0 Å². The first-order chi connectivity index (χ1) is 10.1. The summed E-state index contributed by atoms with van der Waals surface area (Å²) >= 11 is 5.03. The molecule has 21 heavy (non-hydrogen) atoms. The van der Waals surface area contributed by atoms with E-state index in [2.05, 4.69) is 5.32 Å². The minimum absolute atomic E-state index is 0.0851. The average Bonchev–Trinajstić information content (AvgIpc) is 2.49. The smallest absolute Gasteiger partial charge is 0.230 e. The van der Waals surface area contributed by atoms with E-state index in [9.17, 15) is 4.79 Å². The summed E-state index contributed by atoms with van der Waals surface area (Å²) in [6, 6.07) is 9.78. The van der Waals surface area contributed by atoms with Crippen molar-refractivity contribution in [2.24, 2.45) is 11.7 Å². The van der Waals surface area contributed by atoms with Gasteiger partial charge in [0.05, 0.1) is 10.9 Å². The second kappa shape index (κ2) is 10.3. The number of hydrogen-bond acceptors (Lipinski definition) is 3. The standard InChI is InChI=1S/C16H24N2O2S/c1-20-11-7-3-6-10-18-16(19)14(15(17)21)12-13-8-4-2-5-9-13/h2,4-5,8-9,14H,3,6-7,10-12H2,1H3,(H2,17,21)(H,18,19). The second-order valence-corrected chi connectivity index (χ2v) is 5.46. The molecule has 0 aromatic heterocycles. The molecule has 3 N–H and O–H groups in total. The predicted octanol–water partition coefficient (Wildman–Crippen LogP) is 2.06. The molecular formula is C16H24N2O2S. The molecule has 0 radical (unpaired) electrons. The van der Waals surface area contributed by atoms with Gasteiger partial charge in [0.25, 0.3) is 0 Å². The van der Waals surface area contributed by atoms with Crippen molar-refractivity contribution in [1.29, 1.82) is 0 Å². The van der Waals surface area contributed by atoms with E-state index in [0.29, 0.717) is 13.0 Å². The van der Waals surface area contributed by atoms with Crippen molar-refractivity contribution >= 4 is 23.1 Å². The number of rotatable bonds is 10. The van der Waals surface area contributed by atoms with Gasteiger partial charge in [0, 0.05) is 20.3 Å². The molecule has 0 bridgehead atoms. The van der Waals surface area contributed by atoms with Crippen molar-refractivity contribution < 1.29 is 9.53 Å². The van der Waals surface area contributed by atoms with Gasteiger partial charge in [-0.05, 0) is 31.2 Å². The lowest BCUT2D eigenvalue weighted by molar-refractivity contribution is -0.122. The minimum atomic E-state index is -0.443. The highest BCUT2D eigenvalue weighted by atomic mass is 32.1. The maximum absolute atomic E-state index is 12.2. The molecule has 1 unspecified atom stereocenters. The molecule has 1 aromatic rings. The molecule has 1 atom stereocenters. The van der Waals surface area contributed by atoms with E-state index < -0.39 is 5.92 Å². The Bertz CT molecular complexity index is 437. The molecule has 0 aliphatic rings. The van der Waals surface area contributed by atoms with E-state index in [1.807, 2.05) is 30.3 Å². The maximum atomic E-state index is 12.2. The van der Waals surface area contributed by atoms with E-state index in [0.717, 1.165) is 31.4 Å². The summed E-state index contributed by atoms with van der Waals surface area (Å²) in [7, 11) is 1.69. The molecule has 5 heteroatoms. The van der Waals surface area contributed by atoms with Crippen LogP contribution in [0.1, 0.15) is 24.8 Å². The van der Waals surface area contributed by atoms with E-state index in [4.69, 9.17) is 22.7 Å². The van der Waals surface area contributed by atoms with E-state index in [1.54, 1.807) is 7.11 Å². The number of hydrogen-bond donors (Lipinski definition) is 2. The van der Waals surface area contributed by atoms with Gasteiger partial charge in [-0.25, -0.2) is 0 Å². The fraction of sp³-hybridized carbons (Fsp3) is 0.500. The molecule has 1 aromatic carbocycles. The molecule has 0 spiro atoms. The van der Waals surface area contributed by atoms with Crippen LogP contribution >= 0.6 is 12.2 Å². The highest BCUT2D eigenvalue weighted by Crippen LogP contribution is 2.10. The molecule has 4 nitrogen and oxygen atoms in total. The summed E-state index contributed by atoms with van der Waals surface area (Å²) in [5.74, 6) is -0.528. The lowest BCUT2D eigenvalue weighted by Crippen LogP contribution is -2.39. The number of benzene rings is 1. The number of ether oxygens (including phenoxy) is 1. The largest absolute Gasteiger partial charge is 0.393 e. The van der Waals surface area contributed by atoms with Crippen LogP contribution < -0.4 is 11.1 Å². The third-order valence-electron chi connectivity index (χ3n) is 3.27. The Morgan fingerprint density at radius 3 is 2.62 bits per heavy atom. The van der Waals surface area contributed by atoms with Crippen LogP contribution in [-0.4, -0.2) is 31.2 Å². The summed E-state index contributed by atoms with van der Waals surface area (Å²) in [6.07, 6.45) is 3.52. The third-order valence-corrected chi connectivity index (χ3v) is 3.55. The molecule has 0 saturated carbocycles. The summed E-state index contributed by atoms with van der Waals surface area (Å²) in [4.78, 5) is 12.4. The molecule has 1 rings (SSSR count). The zero-order chi connectivity index (χ0) is 15.5. The zero-order valence-electron chi connectivity index (χ0n) is 12.5. The third kappa shape index (κ3) is 7.20. The molecule has 0 fully saturated rings. The van der Waals surface area contributed by atoms with Crippen molar-refractivity contribution in [1.82, 2.24) is 5.32 Å². The summed E-state index contributed by atoms with van der Waals surface area (Å²) in [5.41, 5.74) is 6.77. The monoisotopic (exact) mass is 308 g/mol. The van der Waals surface area contributed by atoms with Crippen molar-refractivity contribution in [2.75, 3.05) is 20.3 Å². The summed E-state index contributed by atoms with van der Waals surface area (Å²) in [6.45, 7) is 1.41. The number of carbonyl (C=O) groups excluding carboxylic acids is 1. The first-order valence-electron chi connectivity index (χ1n) is 7.25. The normalized spacial score (nSPS) is 11.9. The zero-order valence-corrected chi connectivity index (χ0v) is 13.3. The van der Waals surface area contributed by atoms with Crippen molar-refractivity contribution in [2.45, 2.75) is 25.7 Å². The number of methoxy groups -OCH3 is 1. The lowest BCUT2D eigenvalue weighted by Gasteiger charge is -2.15. The molecule has 1 amide bonds. The quantitative estimate of drug-likeness (QED) is 0.513. The molecule has 0 aliphatic heterocycles. The molecule has 116 valence electrons. The Labute approximate surface area is 132 Å². The first kappa shape index (κ1) is 17.6. The molecule has 0 saturated heterocycles. The molecule has 0 aliphatic carbocycles. The Kier molecular flexibility index (Phi) is 8.62. The summed E-state index contributed by atoms with van der Waals surface area (Å²) in [5, 5.41) is 2.91. The van der Waals surface area contributed by atoms with E-state index in [1.165, 1.54) is 0 Å². The number of amides is 1. The van der Waals surface area contributed by atoms with Crippen molar-refractivity contribution in [3.8, 4) is 0 Å². The average molecular weight is 308 g/mol. The van der Waals surface area contributed by atoms with Gasteiger partial charge in [-0.15, -0.1) is 0 Å². The Morgan fingerprint density at radius 2 is 2.00 bits per heavy atom. The topological polar surface area (TPSA) is 64.3 Å². The second-order valence-electron chi connectivity index (χ2n) is 4.99. The highest BCUT2D eigenvalue weighted by molar-refractivity contribution is 7.80. The van der Waals surface area contributed by atoms with Crippen LogP contribution in [0.3, 0.4) is 0 Å². The number of nitrogens with two attached hydrogens (primary N) is 1. The molecule has 0 heterocycles. The SMILES string of the molecule is COCCCCCNC(=O)C(Cc1ccccc1)C(N)=S. The van der Waals surface area contributed by atoms with Crippen LogP contribution in [-0.2, 0) is 16.0 Å². The number of carbonyl (C=O) groups is 1. The van der Waals surface area contributed by atoms with Gasteiger partial charge in [0.2, 0.25) is 5.91 Å². The van der Waals surface area contributed by atoms with E-state index >= 15 is 0 Å². The number of unbranched alkanes of at least 4 members (excludes halogenated alkanes) is 2. The van der Waals surface area contributed by atoms with Crippen LogP contribution in [0.25, 0.3) is 0 Å².